The molecular weight excluding hydrogens is 474 g/mol. The lowest BCUT2D eigenvalue weighted by Crippen LogP contribution is -2.46. The molecule has 2 N–H and O–H groups in total. The molecule has 2 aliphatic rings. The van der Waals surface area contributed by atoms with Crippen molar-refractivity contribution in [3.8, 4) is 5.75 Å². The number of rotatable bonds is 8. The Hall–Kier alpha value is -3.80. The molecule has 198 valence electrons. The van der Waals surface area contributed by atoms with Crippen LogP contribution in [0.2, 0.25) is 0 Å². The maximum absolute atomic E-state index is 12.9. The number of nitrogens with one attached hydrogen (secondary N) is 2. The average Bonchev–Trinajstić information content (AvgIpc) is 3.79. The Labute approximate surface area is 225 Å². The number of carbonyl (C=O) groups excluding carboxylic acids is 2. The first-order chi connectivity index (χ1) is 18.6. The van der Waals surface area contributed by atoms with Crippen molar-refractivity contribution in [3.05, 3.63) is 102 Å². The average molecular weight is 512 g/mol. The highest BCUT2D eigenvalue weighted by Gasteiger charge is 2.34. The van der Waals surface area contributed by atoms with Gasteiger partial charge >= 0.3 is 12.1 Å². The van der Waals surface area contributed by atoms with E-state index in [0.29, 0.717) is 12.3 Å². The van der Waals surface area contributed by atoms with E-state index in [-0.39, 0.29) is 36.2 Å². The van der Waals surface area contributed by atoms with Crippen molar-refractivity contribution in [2.75, 3.05) is 0 Å². The van der Waals surface area contributed by atoms with Crippen LogP contribution in [0.5, 0.6) is 5.75 Å². The number of hydrogen-bond donors (Lipinski definition) is 2. The normalized spacial score (nSPS) is 19.7. The zero-order valence-corrected chi connectivity index (χ0v) is 22.0. The summed E-state index contributed by atoms with van der Waals surface area (Å²) in [5.41, 5.74) is 3.41. The van der Waals surface area contributed by atoms with Gasteiger partial charge in [-0.2, -0.15) is 0 Å². The van der Waals surface area contributed by atoms with Crippen LogP contribution in [-0.4, -0.2) is 29.1 Å². The van der Waals surface area contributed by atoms with E-state index in [4.69, 9.17) is 4.74 Å². The Morgan fingerprint density at radius 2 is 1.53 bits per heavy atom. The molecule has 0 bridgehead atoms. The van der Waals surface area contributed by atoms with Crippen molar-refractivity contribution in [2.24, 2.45) is 0 Å². The second-order valence-electron chi connectivity index (χ2n) is 10.5. The van der Waals surface area contributed by atoms with Gasteiger partial charge in [-0.3, -0.25) is 0 Å². The molecule has 6 nitrogen and oxygen atoms in total. The molecule has 0 aromatic heterocycles. The minimum Gasteiger partial charge on any atom is -0.410 e. The van der Waals surface area contributed by atoms with Crippen LogP contribution in [0.3, 0.4) is 0 Å². The van der Waals surface area contributed by atoms with Crippen molar-refractivity contribution in [2.45, 2.75) is 76.0 Å². The maximum Gasteiger partial charge on any atom is 0.415 e. The van der Waals surface area contributed by atoms with Gasteiger partial charge < -0.3 is 20.3 Å². The Kier molecular flexibility index (Phi) is 8.27. The Balaban J connectivity index is 1.20. The van der Waals surface area contributed by atoms with Crippen LogP contribution in [0.15, 0.2) is 84.9 Å². The van der Waals surface area contributed by atoms with Gasteiger partial charge in [0.2, 0.25) is 0 Å². The highest BCUT2D eigenvalue weighted by molar-refractivity contribution is 5.75. The lowest BCUT2D eigenvalue weighted by Gasteiger charge is -2.33. The number of benzene rings is 3. The molecule has 6 heteroatoms. The molecule has 3 aromatic carbocycles. The summed E-state index contributed by atoms with van der Waals surface area (Å²) in [6, 6.07) is 28.0. The van der Waals surface area contributed by atoms with Gasteiger partial charge in [0.1, 0.15) is 5.75 Å². The molecule has 3 aromatic rings. The summed E-state index contributed by atoms with van der Waals surface area (Å²) in [7, 11) is 0. The second kappa shape index (κ2) is 12.2. The number of urea groups is 1. The highest BCUT2D eigenvalue weighted by atomic mass is 16.6. The van der Waals surface area contributed by atoms with Crippen LogP contribution in [0.4, 0.5) is 9.59 Å². The fourth-order valence-corrected chi connectivity index (χ4v) is 5.38. The van der Waals surface area contributed by atoms with Crippen molar-refractivity contribution < 1.29 is 14.3 Å². The zero-order chi connectivity index (χ0) is 26.3. The first kappa shape index (κ1) is 25.8. The third-order valence-corrected chi connectivity index (χ3v) is 7.66. The van der Waals surface area contributed by atoms with E-state index >= 15 is 0 Å². The van der Waals surface area contributed by atoms with Crippen LogP contribution < -0.4 is 15.4 Å². The summed E-state index contributed by atoms with van der Waals surface area (Å²) < 4.78 is 5.62. The standard InChI is InChI=1S/C32H37N3O3/c1-23(25-10-4-2-5-11-25)33-31(36)34-30-15-9-8-14-29(30)26-18-16-24(17-19-26)22-35(27-20-21-27)32(37)38-28-12-6-3-7-13-28/h2-7,10-13,16-19,23,27,29-30H,8-9,14-15,20-22H2,1H3,(H2,33,34,36)/t23-,29-,30-/m0/s1. The number of amides is 3. The van der Waals surface area contributed by atoms with Gasteiger partial charge in [0.05, 0.1) is 6.04 Å². The SMILES string of the molecule is C[C@H](NC(=O)N[C@H]1CCCC[C@H]1c1ccc(CN(C(=O)Oc2ccccc2)C2CC2)cc1)c1ccccc1. The molecule has 0 saturated heterocycles. The van der Waals surface area contributed by atoms with Crippen LogP contribution in [0, 0.1) is 0 Å². The third kappa shape index (κ3) is 6.74. The fraction of sp³-hybridized carbons (Fsp3) is 0.375. The lowest BCUT2D eigenvalue weighted by atomic mass is 9.80. The van der Waals surface area contributed by atoms with Crippen molar-refractivity contribution in [1.29, 1.82) is 0 Å². The molecule has 0 aliphatic heterocycles. The topological polar surface area (TPSA) is 70.7 Å². The molecular formula is C32H37N3O3. The van der Waals surface area contributed by atoms with Gasteiger partial charge in [0, 0.05) is 24.5 Å². The zero-order valence-electron chi connectivity index (χ0n) is 22.0. The van der Waals surface area contributed by atoms with Crippen molar-refractivity contribution in [1.82, 2.24) is 15.5 Å². The molecule has 5 rings (SSSR count). The summed E-state index contributed by atoms with van der Waals surface area (Å²) in [5, 5.41) is 6.35. The smallest absolute Gasteiger partial charge is 0.410 e. The van der Waals surface area contributed by atoms with E-state index in [1.54, 1.807) is 12.1 Å². The summed E-state index contributed by atoms with van der Waals surface area (Å²) in [6.07, 6.45) is 6.04. The number of hydrogen-bond acceptors (Lipinski definition) is 3. The molecule has 2 fully saturated rings. The fourth-order valence-electron chi connectivity index (χ4n) is 5.38. The van der Waals surface area contributed by atoms with Crippen LogP contribution >= 0.6 is 0 Å². The molecule has 38 heavy (non-hydrogen) atoms. The quantitative estimate of drug-likeness (QED) is 0.344. The lowest BCUT2D eigenvalue weighted by molar-refractivity contribution is 0.146. The van der Waals surface area contributed by atoms with Gasteiger partial charge in [-0.25, -0.2) is 9.59 Å². The van der Waals surface area contributed by atoms with E-state index in [9.17, 15) is 9.59 Å². The third-order valence-electron chi connectivity index (χ3n) is 7.66. The molecule has 2 aliphatic carbocycles. The molecule has 0 radical (unpaired) electrons. The predicted molar refractivity (Wildman–Crippen MR) is 149 cm³/mol. The van der Waals surface area contributed by atoms with E-state index < -0.39 is 0 Å². The second-order valence-corrected chi connectivity index (χ2v) is 10.5. The van der Waals surface area contributed by atoms with Gasteiger partial charge in [-0.1, -0.05) is 85.6 Å². The minimum absolute atomic E-state index is 0.0551. The van der Waals surface area contributed by atoms with Crippen LogP contribution in [0.25, 0.3) is 0 Å². The van der Waals surface area contributed by atoms with E-state index in [2.05, 4.69) is 34.9 Å². The summed E-state index contributed by atoms with van der Waals surface area (Å²) in [5.74, 6) is 0.842. The van der Waals surface area contributed by atoms with Crippen LogP contribution in [0.1, 0.15) is 74.1 Å². The molecule has 3 amide bonds. The Morgan fingerprint density at radius 1 is 0.868 bits per heavy atom. The van der Waals surface area contributed by atoms with Crippen molar-refractivity contribution >= 4 is 12.1 Å². The molecule has 0 heterocycles. The van der Waals surface area contributed by atoms with Crippen LogP contribution in [-0.2, 0) is 6.54 Å². The van der Waals surface area contributed by atoms with E-state index in [1.165, 1.54) is 5.56 Å². The van der Waals surface area contributed by atoms with E-state index in [0.717, 1.165) is 49.7 Å². The Morgan fingerprint density at radius 3 is 2.21 bits per heavy atom. The highest BCUT2D eigenvalue weighted by Crippen LogP contribution is 2.34. The summed E-state index contributed by atoms with van der Waals surface area (Å²) >= 11 is 0. The van der Waals surface area contributed by atoms with Gasteiger partial charge in [0.25, 0.3) is 0 Å². The largest absolute Gasteiger partial charge is 0.415 e. The number of nitrogens with zero attached hydrogens (tertiary/aromatic N) is 1. The van der Waals surface area contributed by atoms with E-state index in [1.807, 2.05) is 60.4 Å². The monoisotopic (exact) mass is 511 g/mol. The first-order valence-corrected chi connectivity index (χ1v) is 13.8. The minimum atomic E-state index is -0.296. The molecule has 2 saturated carbocycles. The molecule has 0 unspecified atom stereocenters. The van der Waals surface area contributed by atoms with Gasteiger partial charge in [-0.05, 0) is 61.4 Å². The molecule has 3 atom stereocenters. The Bertz CT molecular complexity index is 1200. The number of carbonyl (C=O) groups is 2. The predicted octanol–water partition coefficient (Wildman–Crippen LogP) is 6.94. The number of para-hydroxylation sites is 1. The van der Waals surface area contributed by atoms with Gasteiger partial charge in [-0.15, -0.1) is 0 Å². The molecule has 0 spiro atoms. The summed E-state index contributed by atoms with van der Waals surface area (Å²) in [4.78, 5) is 27.6. The first-order valence-electron chi connectivity index (χ1n) is 13.8. The number of ether oxygens (including phenoxy) is 1. The maximum atomic E-state index is 12.9. The van der Waals surface area contributed by atoms with Crippen molar-refractivity contribution in [3.63, 3.8) is 0 Å². The van der Waals surface area contributed by atoms with Gasteiger partial charge in [0.15, 0.2) is 0 Å². The summed E-state index contributed by atoms with van der Waals surface area (Å²) in [6.45, 7) is 2.54.